The maximum Gasteiger partial charge on any atom is 0.285 e. The fourth-order valence-electron chi connectivity index (χ4n) is 3.41. The molecule has 0 bridgehead atoms. The molecular formula is C28H25BrN2O3S2. The summed E-state index contributed by atoms with van der Waals surface area (Å²) in [6.07, 6.45) is 1.75. The molecule has 4 rings (SSSR count). The standard InChI is InChI=1S/C28H25BrN2O3S2/c1-28(2,3)21-10-4-19(5-11-21)17-34-23-14-6-18(7-15-23)16-24-26(33)31(27(35)36-24)30-25(32)20-8-12-22(29)13-9-20/h4-16H,17H2,1-3H3,(H,30,32)/b24-16+. The number of thiocarbonyl (C=S) groups is 1. The average Bonchev–Trinajstić information content (AvgIpc) is 3.11. The molecule has 5 nitrogen and oxygen atoms in total. The van der Waals surface area contributed by atoms with Crippen LogP contribution in [-0.4, -0.2) is 21.1 Å². The second-order valence-electron chi connectivity index (χ2n) is 9.27. The molecule has 0 aromatic heterocycles. The van der Waals surface area contributed by atoms with Crippen molar-refractivity contribution in [3.8, 4) is 5.75 Å². The van der Waals surface area contributed by atoms with Crippen LogP contribution in [0.5, 0.6) is 5.75 Å². The van der Waals surface area contributed by atoms with E-state index in [1.807, 2.05) is 24.3 Å². The molecule has 3 aromatic carbocycles. The van der Waals surface area contributed by atoms with E-state index in [-0.39, 0.29) is 15.6 Å². The molecule has 0 aliphatic carbocycles. The molecule has 0 unspecified atom stereocenters. The second-order valence-corrected chi connectivity index (χ2v) is 11.9. The zero-order chi connectivity index (χ0) is 25.9. The van der Waals surface area contributed by atoms with Crippen molar-refractivity contribution in [1.82, 2.24) is 10.4 Å². The highest BCUT2D eigenvalue weighted by Gasteiger charge is 2.33. The van der Waals surface area contributed by atoms with E-state index < -0.39 is 5.91 Å². The lowest BCUT2D eigenvalue weighted by Gasteiger charge is -2.19. The van der Waals surface area contributed by atoms with Gasteiger partial charge in [0.15, 0.2) is 4.32 Å². The predicted molar refractivity (Wildman–Crippen MR) is 153 cm³/mol. The molecule has 2 amide bonds. The van der Waals surface area contributed by atoms with Crippen molar-refractivity contribution in [2.45, 2.75) is 32.8 Å². The molecular weight excluding hydrogens is 556 g/mol. The molecule has 0 radical (unpaired) electrons. The van der Waals surface area contributed by atoms with Crippen LogP contribution in [0.3, 0.4) is 0 Å². The highest BCUT2D eigenvalue weighted by molar-refractivity contribution is 9.10. The molecule has 1 aliphatic heterocycles. The Morgan fingerprint density at radius 2 is 1.67 bits per heavy atom. The number of carbonyl (C=O) groups excluding carboxylic acids is 2. The molecule has 0 saturated carbocycles. The van der Waals surface area contributed by atoms with Crippen molar-refractivity contribution in [2.75, 3.05) is 0 Å². The average molecular weight is 582 g/mol. The van der Waals surface area contributed by atoms with E-state index in [2.05, 4.69) is 66.4 Å². The van der Waals surface area contributed by atoms with Crippen LogP contribution in [0, 0.1) is 0 Å². The Labute approximate surface area is 229 Å². The fourth-order valence-corrected chi connectivity index (χ4v) is 4.85. The summed E-state index contributed by atoms with van der Waals surface area (Å²) in [5.41, 5.74) is 6.35. The van der Waals surface area contributed by atoms with Gasteiger partial charge in [0.1, 0.15) is 12.4 Å². The lowest BCUT2D eigenvalue weighted by Crippen LogP contribution is -2.44. The van der Waals surface area contributed by atoms with Gasteiger partial charge in [0.05, 0.1) is 4.91 Å². The number of hydrazine groups is 1. The van der Waals surface area contributed by atoms with Crippen molar-refractivity contribution < 1.29 is 14.3 Å². The minimum atomic E-state index is -0.408. The monoisotopic (exact) mass is 580 g/mol. The molecule has 3 aromatic rings. The highest BCUT2D eigenvalue weighted by atomic mass is 79.9. The van der Waals surface area contributed by atoms with Gasteiger partial charge >= 0.3 is 0 Å². The van der Waals surface area contributed by atoms with E-state index in [0.717, 1.165) is 38.1 Å². The van der Waals surface area contributed by atoms with Gasteiger partial charge in [0.25, 0.3) is 11.8 Å². The third-order valence-electron chi connectivity index (χ3n) is 5.52. The van der Waals surface area contributed by atoms with Crippen molar-refractivity contribution in [3.05, 3.63) is 104 Å². The third-order valence-corrected chi connectivity index (χ3v) is 7.35. The Hall–Kier alpha value is -2.94. The minimum Gasteiger partial charge on any atom is -0.489 e. The number of amides is 2. The van der Waals surface area contributed by atoms with Gasteiger partial charge in [-0.1, -0.05) is 84.9 Å². The second kappa shape index (κ2) is 11.0. The predicted octanol–water partition coefficient (Wildman–Crippen LogP) is 6.87. The van der Waals surface area contributed by atoms with Gasteiger partial charge in [-0.25, -0.2) is 0 Å². The van der Waals surface area contributed by atoms with E-state index in [1.54, 1.807) is 30.3 Å². The Kier molecular flexibility index (Phi) is 7.97. The summed E-state index contributed by atoms with van der Waals surface area (Å²) in [6.45, 7) is 7.05. The highest BCUT2D eigenvalue weighted by Crippen LogP contribution is 2.32. The normalized spacial score (nSPS) is 14.9. The van der Waals surface area contributed by atoms with Crippen LogP contribution >= 0.6 is 39.9 Å². The van der Waals surface area contributed by atoms with Crippen molar-refractivity contribution in [2.24, 2.45) is 0 Å². The first-order valence-electron chi connectivity index (χ1n) is 11.3. The number of benzene rings is 3. The molecule has 0 spiro atoms. The van der Waals surface area contributed by atoms with E-state index in [9.17, 15) is 9.59 Å². The maximum absolute atomic E-state index is 12.9. The van der Waals surface area contributed by atoms with Gasteiger partial charge in [0.2, 0.25) is 0 Å². The molecule has 1 saturated heterocycles. The lowest BCUT2D eigenvalue weighted by molar-refractivity contribution is -0.123. The van der Waals surface area contributed by atoms with Gasteiger partial charge in [-0.3, -0.25) is 15.0 Å². The van der Waals surface area contributed by atoms with Gasteiger partial charge in [-0.15, -0.1) is 0 Å². The van der Waals surface area contributed by atoms with Crippen LogP contribution in [-0.2, 0) is 16.8 Å². The number of thioether (sulfide) groups is 1. The first kappa shape index (κ1) is 26.1. The number of hydrogen-bond acceptors (Lipinski definition) is 5. The van der Waals surface area contributed by atoms with Gasteiger partial charge < -0.3 is 4.74 Å². The fraction of sp³-hybridized carbons (Fsp3) is 0.179. The number of ether oxygens (including phenoxy) is 1. The number of carbonyl (C=O) groups is 2. The number of halogens is 1. The number of hydrogen-bond donors (Lipinski definition) is 1. The van der Waals surface area contributed by atoms with Crippen LogP contribution in [0.1, 0.15) is 47.8 Å². The van der Waals surface area contributed by atoms with E-state index >= 15 is 0 Å². The van der Waals surface area contributed by atoms with E-state index in [4.69, 9.17) is 17.0 Å². The Morgan fingerprint density at radius 3 is 2.28 bits per heavy atom. The minimum absolute atomic E-state index is 0.120. The molecule has 36 heavy (non-hydrogen) atoms. The summed E-state index contributed by atoms with van der Waals surface area (Å²) in [7, 11) is 0. The van der Waals surface area contributed by atoms with Crippen LogP contribution in [0.4, 0.5) is 0 Å². The van der Waals surface area contributed by atoms with Gasteiger partial charge in [-0.2, -0.15) is 5.01 Å². The largest absolute Gasteiger partial charge is 0.489 e. The molecule has 1 heterocycles. The summed E-state index contributed by atoms with van der Waals surface area (Å²) in [5.74, 6) is -0.0366. The molecule has 1 N–H and O–H groups in total. The van der Waals surface area contributed by atoms with E-state index in [1.165, 1.54) is 5.56 Å². The van der Waals surface area contributed by atoms with Crippen molar-refractivity contribution >= 4 is 62.1 Å². The zero-order valence-corrected chi connectivity index (χ0v) is 23.3. The van der Waals surface area contributed by atoms with Crippen LogP contribution < -0.4 is 10.2 Å². The van der Waals surface area contributed by atoms with Crippen LogP contribution in [0.15, 0.2) is 82.2 Å². The smallest absolute Gasteiger partial charge is 0.285 e. The summed E-state index contributed by atoms with van der Waals surface area (Å²) < 4.78 is 7.05. The van der Waals surface area contributed by atoms with E-state index in [0.29, 0.717) is 17.1 Å². The molecule has 184 valence electrons. The molecule has 0 atom stereocenters. The summed E-state index contributed by atoms with van der Waals surface area (Å²) in [4.78, 5) is 25.8. The molecule has 1 aliphatic rings. The lowest BCUT2D eigenvalue weighted by atomic mass is 9.87. The summed E-state index contributed by atoms with van der Waals surface area (Å²) >= 11 is 9.80. The SMILES string of the molecule is CC(C)(C)c1ccc(COc2ccc(/C=C3/SC(=S)N(NC(=O)c4ccc(Br)cc4)C3=O)cc2)cc1. The third kappa shape index (κ3) is 6.43. The Morgan fingerprint density at radius 1 is 1.03 bits per heavy atom. The van der Waals surface area contributed by atoms with Gasteiger partial charge in [-0.05, 0) is 76.8 Å². The van der Waals surface area contributed by atoms with Crippen LogP contribution in [0.2, 0.25) is 0 Å². The maximum atomic E-state index is 12.9. The zero-order valence-electron chi connectivity index (χ0n) is 20.1. The van der Waals surface area contributed by atoms with Crippen LogP contribution in [0.25, 0.3) is 6.08 Å². The number of nitrogens with one attached hydrogen (secondary N) is 1. The van der Waals surface area contributed by atoms with Crippen molar-refractivity contribution in [1.29, 1.82) is 0 Å². The quantitative estimate of drug-likeness (QED) is 0.254. The summed E-state index contributed by atoms with van der Waals surface area (Å²) in [6, 6.07) is 22.8. The topological polar surface area (TPSA) is 58.6 Å². The molecule has 8 heteroatoms. The molecule has 1 fully saturated rings. The number of rotatable bonds is 6. The first-order valence-corrected chi connectivity index (χ1v) is 13.3. The van der Waals surface area contributed by atoms with Crippen molar-refractivity contribution in [3.63, 3.8) is 0 Å². The first-order chi connectivity index (χ1) is 17.1. The Balaban J connectivity index is 1.36. The Bertz CT molecular complexity index is 1310. The van der Waals surface area contributed by atoms with Gasteiger partial charge in [0, 0.05) is 10.0 Å². The summed E-state index contributed by atoms with van der Waals surface area (Å²) in [5, 5.41) is 1.11. The number of nitrogens with zero attached hydrogens (tertiary/aromatic N) is 1.